The Kier molecular flexibility index (Phi) is 7.91. The van der Waals surface area contributed by atoms with Gasteiger partial charge in [0, 0.05) is 0 Å². The van der Waals surface area contributed by atoms with Gasteiger partial charge in [-0.1, -0.05) is 43.7 Å². The molecule has 1 atom stereocenters. The minimum atomic E-state index is -2.54. The molecule has 2 N–H and O–H groups in total. The van der Waals surface area contributed by atoms with E-state index in [0.29, 0.717) is 6.42 Å². The highest BCUT2D eigenvalue weighted by molar-refractivity contribution is 5.89. The Bertz CT molecular complexity index is 555. The monoisotopic (exact) mass is 338 g/mol. The Labute approximate surface area is 140 Å². The normalized spacial score (nSPS) is 12.9. The van der Waals surface area contributed by atoms with Gasteiger partial charge in [-0.05, 0) is 12.0 Å². The van der Waals surface area contributed by atoms with Crippen LogP contribution in [0.5, 0.6) is 0 Å². The van der Waals surface area contributed by atoms with Crippen molar-refractivity contribution in [1.82, 2.24) is 0 Å². The summed E-state index contributed by atoms with van der Waals surface area (Å²) in [6.07, 6.45) is -0.205. The number of benzene rings is 1. The fourth-order valence-corrected chi connectivity index (χ4v) is 1.86. The fourth-order valence-electron chi connectivity index (χ4n) is 1.86. The van der Waals surface area contributed by atoms with Crippen LogP contribution in [0.4, 0.5) is 0 Å². The van der Waals surface area contributed by atoms with Gasteiger partial charge in [-0.3, -0.25) is 9.59 Å². The lowest BCUT2D eigenvalue weighted by Crippen LogP contribution is -2.43. The highest BCUT2D eigenvalue weighted by Gasteiger charge is 2.42. The first kappa shape index (κ1) is 19.6. The fraction of sp³-hybridized carbons (Fsp3) is 0.471. The van der Waals surface area contributed by atoms with Gasteiger partial charge in [0.2, 0.25) is 0 Å². The number of esters is 2. The Morgan fingerprint density at radius 3 is 2.17 bits per heavy atom. The summed E-state index contributed by atoms with van der Waals surface area (Å²) in [5.74, 6) is -3.46. The lowest BCUT2D eigenvalue weighted by molar-refractivity contribution is -0.173. The van der Waals surface area contributed by atoms with Crippen molar-refractivity contribution in [3.63, 3.8) is 0 Å². The van der Waals surface area contributed by atoms with E-state index in [1.54, 1.807) is 30.3 Å². The number of carboxylic acids is 1. The molecule has 0 heterocycles. The molecule has 1 aromatic rings. The minimum Gasteiger partial charge on any atom is -0.479 e. The van der Waals surface area contributed by atoms with Crippen molar-refractivity contribution in [2.45, 2.75) is 44.8 Å². The van der Waals surface area contributed by atoms with Crippen LogP contribution in [0.1, 0.15) is 38.2 Å². The van der Waals surface area contributed by atoms with Crippen molar-refractivity contribution in [3.8, 4) is 0 Å². The molecule has 7 heteroatoms. The SMILES string of the molecule is CCCCOC(=O)CC(O)(CC(=O)OCc1ccccc1)C(=O)O. The molecule has 0 aliphatic heterocycles. The molecule has 1 rings (SSSR count). The van der Waals surface area contributed by atoms with E-state index >= 15 is 0 Å². The van der Waals surface area contributed by atoms with Crippen molar-refractivity contribution in [2.24, 2.45) is 0 Å². The number of carbonyl (C=O) groups is 3. The number of rotatable bonds is 10. The molecular weight excluding hydrogens is 316 g/mol. The van der Waals surface area contributed by atoms with Gasteiger partial charge >= 0.3 is 17.9 Å². The molecular formula is C17H22O7. The predicted molar refractivity (Wildman–Crippen MR) is 83.9 cm³/mol. The first-order valence-corrected chi connectivity index (χ1v) is 7.68. The third kappa shape index (κ3) is 6.78. The zero-order chi connectivity index (χ0) is 18.0. The molecule has 1 unspecified atom stereocenters. The molecule has 1 aromatic carbocycles. The molecule has 132 valence electrons. The predicted octanol–water partition coefficient (Wildman–Crippen LogP) is 1.67. The zero-order valence-corrected chi connectivity index (χ0v) is 13.6. The summed E-state index contributed by atoms with van der Waals surface area (Å²) < 4.78 is 9.76. The van der Waals surface area contributed by atoms with Crippen LogP contribution >= 0.6 is 0 Å². The smallest absolute Gasteiger partial charge is 0.336 e. The molecule has 0 saturated heterocycles. The number of ether oxygens (including phenoxy) is 2. The summed E-state index contributed by atoms with van der Waals surface area (Å²) in [5.41, 5.74) is -1.82. The van der Waals surface area contributed by atoms with E-state index in [0.717, 1.165) is 12.0 Å². The van der Waals surface area contributed by atoms with Gasteiger partial charge in [0.1, 0.15) is 6.61 Å². The van der Waals surface area contributed by atoms with Gasteiger partial charge in [0.05, 0.1) is 19.4 Å². The van der Waals surface area contributed by atoms with Crippen molar-refractivity contribution in [1.29, 1.82) is 0 Å². The van der Waals surface area contributed by atoms with E-state index in [-0.39, 0.29) is 13.2 Å². The van der Waals surface area contributed by atoms with Crippen LogP contribution in [0, 0.1) is 0 Å². The van der Waals surface area contributed by atoms with Crippen LogP contribution in [-0.2, 0) is 30.5 Å². The van der Waals surface area contributed by atoms with Crippen molar-refractivity contribution >= 4 is 17.9 Å². The van der Waals surface area contributed by atoms with Crippen LogP contribution in [0.25, 0.3) is 0 Å². The number of hydrogen-bond donors (Lipinski definition) is 2. The summed E-state index contributed by atoms with van der Waals surface area (Å²) >= 11 is 0. The molecule has 24 heavy (non-hydrogen) atoms. The minimum absolute atomic E-state index is 0.0453. The molecule has 0 radical (unpaired) electrons. The molecule has 0 saturated carbocycles. The third-order valence-electron chi connectivity index (χ3n) is 3.28. The van der Waals surface area contributed by atoms with Gasteiger partial charge in [0.15, 0.2) is 5.60 Å². The maximum Gasteiger partial charge on any atom is 0.336 e. The largest absolute Gasteiger partial charge is 0.479 e. The maximum absolute atomic E-state index is 11.8. The summed E-state index contributed by atoms with van der Waals surface area (Å²) in [7, 11) is 0. The third-order valence-corrected chi connectivity index (χ3v) is 3.28. The second kappa shape index (κ2) is 9.67. The van der Waals surface area contributed by atoms with Crippen molar-refractivity contribution in [3.05, 3.63) is 35.9 Å². The van der Waals surface area contributed by atoms with Gasteiger partial charge in [-0.2, -0.15) is 0 Å². The van der Waals surface area contributed by atoms with Gasteiger partial charge in [-0.15, -0.1) is 0 Å². The average molecular weight is 338 g/mol. The summed E-state index contributed by atoms with van der Waals surface area (Å²) in [5, 5.41) is 19.2. The summed E-state index contributed by atoms with van der Waals surface area (Å²) in [4.78, 5) is 34.6. The van der Waals surface area contributed by atoms with Crippen LogP contribution in [0.2, 0.25) is 0 Å². The van der Waals surface area contributed by atoms with Crippen molar-refractivity contribution in [2.75, 3.05) is 6.61 Å². The van der Waals surface area contributed by atoms with E-state index in [1.807, 2.05) is 6.92 Å². The van der Waals surface area contributed by atoms with E-state index in [1.165, 1.54) is 0 Å². The van der Waals surface area contributed by atoms with Crippen LogP contribution in [-0.4, -0.2) is 40.3 Å². The van der Waals surface area contributed by atoms with Gasteiger partial charge < -0.3 is 19.7 Å². The molecule has 0 spiro atoms. The molecule has 7 nitrogen and oxygen atoms in total. The van der Waals surface area contributed by atoms with Crippen molar-refractivity contribution < 1.29 is 34.1 Å². The molecule has 0 aromatic heterocycles. The Morgan fingerprint density at radius 1 is 1.04 bits per heavy atom. The number of carbonyl (C=O) groups excluding carboxylic acids is 2. The average Bonchev–Trinajstić information content (AvgIpc) is 2.54. The lowest BCUT2D eigenvalue weighted by atomic mass is 9.96. The Hall–Kier alpha value is -2.41. The van der Waals surface area contributed by atoms with Gasteiger partial charge in [0.25, 0.3) is 0 Å². The maximum atomic E-state index is 11.8. The highest BCUT2D eigenvalue weighted by atomic mass is 16.5. The quantitative estimate of drug-likeness (QED) is 0.493. The molecule has 0 fully saturated rings. The standard InChI is InChI=1S/C17H22O7/c1-2-3-9-23-14(18)10-17(22,16(20)21)11-15(19)24-12-13-7-5-4-6-8-13/h4-8,22H,2-3,9-12H2,1H3,(H,20,21). The second-order valence-electron chi connectivity index (χ2n) is 5.41. The summed E-state index contributed by atoms with van der Waals surface area (Å²) in [6, 6.07) is 8.81. The number of aliphatic hydroxyl groups is 1. The first-order chi connectivity index (χ1) is 11.4. The number of hydrogen-bond acceptors (Lipinski definition) is 6. The molecule has 0 aliphatic rings. The second-order valence-corrected chi connectivity index (χ2v) is 5.41. The van der Waals surface area contributed by atoms with Crippen LogP contribution < -0.4 is 0 Å². The topological polar surface area (TPSA) is 110 Å². The molecule has 0 amide bonds. The van der Waals surface area contributed by atoms with E-state index < -0.39 is 36.4 Å². The van der Waals surface area contributed by atoms with Gasteiger partial charge in [-0.25, -0.2) is 4.79 Å². The molecule has 0 aliphatic carbocycles. The van der Waals surface area contributed by atoms with Crippen LogP contribution in [0.15, 0.2) is 30.3 Å². The summed E-state index contributed by atoms with van der Waals surface area (Å²) in [6.45, 7) is 2.00. The van der Waals surface area contributed by atoms with Crippen LogP contribution in [0.3, 0.4) is 0 Å². The highest BCUT2D eigenvalue weighted by Crippen LogP contribution is 2.18. The number of unbranched alkanes of at least 4 members (excludes halogenated alkanes) is 1. The molecule has 0 bridgehead atoms. The number of carboxylic acid groups (broad SMARTS) is 1. The zero-order valence-electron chi connectivity index (χ0n) is 13.6. The van der Waals surface area contributed by atoms with E-state index in [9.17, 15) is 19.5 Å². The lowest BCUT2D eigenvalue weighted by Gasteiger charge is -2.21. The Morgan fingerprint density at radius 2 is 1.62 bits per heavy atom. The van der Waals surface area contributed by atoms with E-state index in [4.69, 9.17) is 14.6 Å². The Balaban J connectivity index is 2.55. The number of aliphatic carboxylic acids is 1. The van der Waals surface area contributed by atoms with E-state index in [2.05, 4.69) is 0 Å². The first-order valence-electron chi connectivity index (χ1n) is 7.68.